The zero-order valence-electron chi connectivity index (χ0n) is 19.1. The van der Waals surface area contributed by atoms with Crippen molar-refractivity contribution in [3.8, 4) is 0 Å². The lowest BCUT2D eigenvalue weighted by atomic mass is 9.98. The van der Waals surface area contributed by atoms with Crippen LogP contribution in [0.15, 0.2) is 53.4 Å². The first-order chi connectivity index (χ1) is 16.4. The van der Waals surface area contributed by atoms with Gasteiger partial charge in [0, 0.05) is 26.2 Å². The molecule has 2 amide bonds. The number of rotatable bonds is 5. The van der Waals surface area contributed by atoms with Gasteiger partial charge in [-0.15, -0.1) is 0 Å². The Hall–Kier alpha value is -2.78. The number of sulfonamides is 1. The first-order valence-corrected chi connectivity index (χ1v) is 13.2. The van der Waals surface area contributed by atoms with Gasteiger partial charge in [0.1, 0.15) is 5.82 Å². The molecule has 1 atom stereocenters. The summed E-state index contributed by atoms with van der Waals surface area (Å²) in [6.07, 6.45) is 5.25. The van der Waals surface area contributed by atoms with E-state index in [0.717, 1.165) is 37.8 Å². The number of hydrogen-bond acceptors (Lipinski definition) is 4. The number of hydrogen-bond donors (Lipinski definition) is 1. The van der Waals surface area contributed by atoms with Gasteiger partial charge in [0.25, 0.3) is 5.91 Å². The Morgan fingerprint density at radius 3 is 2.26 bits per heavy atom. The molecule has 0 saturated carbocycles. The van der Waals surface area contributed by atoms with Gasteiger partial charge in [-0.2, -0.15) is 4.31 Å². The van der Waals surface area contributed by atoms with E-state index in [2.05, 4.69) is 5.32 Å². The number of nitrogens with one attached hydrogen (secondary N) is 1. The van der Waals surface area contributed by atoms with Gasteiger partial charge in [-0.3, -0.25) is 9.59 Å². The van der Waals surface area contributed by atoms with Crippen LogP contribution in [0.2, 0.25) is 0 Å². The number of anilines is 1. The molecule has 0 radical (unpaired) electrons. The zero-order valence-corrected chi connectivity index (χ0v) is 19.9. The highest BCUT2D eigenvalue weighted by Gasteiger charge is 2.34. The second-order valence-corrected chi connectivity index (χ2v) is 10.8. The molecule has 2 saturated heterocycles. The molecule has 9 heteroatoms. The van der Waals surface area contributed by atoms with Crippen LogP contribution in [0, 0.1) is 11.7 Å². The third kappa shape index (κ3) is 5.47. The molecule has 2 aromatic carbocycles. The fourth-order valence-corrected chi connectivity index (χ4v) is 6.11. The molecular weight excluding hydrogens is 457 g/mol. The highest BCUT2D eigenvalue weighted by molar-refractivity contribution is 7.89. The number of carbonyl (C=O) groups is 2. The second-order valence-electron chi connectivity index (χ2n) is 8.90. The highest BCUT2D eigenvalue weighted by atomic mass is 32.2. The van der Waals surface area contributed by atoms with E-state index in [0.29, 0.717) is 43.7 Å². The molecule has 34 heavy (non-hydrogen) atoms. The molecule has 0 unspecified atom stereocenters. The molecule has 2 aliphatic heterocycles. The Kier molecular flexibility index (Phi) is 7.63. The summed E-state index contributed by atoms with van der Waals surface area (Å²) < 4.78 is 40.5. The van der Waals surface area contributed by atoms with Crippen molar-refractivity contribution in [2.75, 3.05) is 31.5 Å². The smallest absolute Gasteiger partial charge is 0.255 e. The summed E-state index contributed by atoms with van der Waals surface area (Å²) in [4.78, 5) is 28.1. The van der Waals surface area contributed by atoms with Gasteiger partial charge in [0.05, 0.1) is 22.1 Å². The van der Waals surface area contributed by atoms with Crippen LogP contribution in [0.4, 0.5) is 10.1 Å². The van der Waals surface area contributed by atoms with E-state index in [1.54, 1.807) is 24.3 Å². The van der Waals surface area contributed by atoms with Crippen molar-refractivity contribution < 1.29 is 22.4 Å². The molecule has 0 aromatic heterocycles. The lowest BCUT2D eigenvalue weighted by Gasteiger charge is -2.31. The minimum atomic E-state index is -3.83. The minimum Gasteiger partial charge on any atom is -0.339 e. The third-order valence-electron chi connectivity index (χ3n) is 6.51. The Morgan fingerprint density at radius 2 is 1.56 bits per heavy atom. The van der Waals surface area contributed by atoms with Gasteiger partial charge in [0.15, 0.2) is 0 Å². The molecule has 4 rings (SSSR count). The standard InChI is InChI=1S/C25H30FN3O4S/c26-20-11-13-21(14-12-20)34(32,33)29-17-7-8-19(18-29)24(30)27-23-10-4-3-9-22(23)25(31)28-15-5-1-2-6-16-28/h3-4,9-14,19H,1-2,5-8,15-18H2,(H,27,30)/t19-/m1/s1. The number of nitrogens with zero attached hydrogens (tertiary/aromatic N) is 2. The molecule has 1 N–H and O–H groups in total. The Morgan fingerprint density at radius 1 is 0.882 bits per heavy atom. The Bertz CT molecular complexity index is 1130. The number of piperidine rings is 1. The quantitative estimate of drug-likeness (QED) is 0.694. The first kappa shape index (κ1) is 24.3. The van der Waals surface area contributed by atoms with Crippen LogP contribution in [0.25, 0.3) is 0 Å². The zero-order chi connectivity index (χ0) is 24.1. The van der Waals surface area contributed by atoms with Gasteiger partial charge in [0.2, 0.25) is 15.9 Å². The first-order valence-electron chi connectivity index (χ1n) is 11.8. The molecule has 2 heterocycles. The van der Waals surface area contributed by atoms with Crippen molar-refractivity contribution in [2.45, 2.75) is 43.4 Å². The monoisotopic (exact) mass is 487 g/mol. The molecule has 2 aliphatic rings. The number of amides is 2. The summed E-state index contributed by atoms with van der Waals surface area (Å²) in [6, 6.07) is 11.7. The fraction of sp³-hybridized carbons (Fsp3) is 0.440. The predicted molar refractivity (Wildman–Crippen MR) is 127 cm³/mol. The maximum Gasteiger partial charge on any atom is 0.255 e. The van der Waals surface area contributed by atoms with Gasteiger partial charge < -0.3 is 10.2 Å². The van der Waals surface area contributed by atoms with Crippen molar-refractivity contribution in [1.82, 2.24) is 9.21 Å². The van der Waals surface area contributed by atoms with Crippen molar-refractivity contribution >= 4 is 27.5 Å². The van der Waals surface area contributed by atoms with Crippen molar-refractivity contribution in [2.24, 2.45) is 5.92 Å². The number of benzene rings is 2. The van der Waals surface area contributed by atoms with E-state index >= 15 is 0 Å². The fourth-order valence-electron chi connectivity index (χ4n) is 4.59. The second kappa shape index (κ2) is 10.7. The third-order valence-corrected chi connectivity index (χ3v) is 8.39. The van der Waals surface area contributed by atoms with E-state index in [4.69, 9.17) is 0 Å². The summed E-state index contributed by atoms with van der Waals surface area (Å²) in [5.41, 5.74) is 0.893. The summed E-state index contributed by atoms with van der Waals surface area (Å²) in [6.45, 7) is 1.75. The molecule has 182 valence electrons. The molecule has 0 aliphatic carbocycles. The lowest BCUT2D eigenvalue weighted by Crippen LogP contribution is -2.43. The minimum absolute atomic E-state index is 0.00310. The predicted octanol–water partition coefficient (Wildman–Crippen LogP) is 3.88. The van der Waals surface area contributed by atoms with E-state index in [-0.39, 0.29) is 23.3 Å². The van der Waals surface area contributed by atoms with E-state index in [1.807, 2.05) is 4.90 Å². The maximum absolute atomic E-state index is 13.2. The Balaban J connectivity index is 1.47. The SMILES string of the molecule is O=C(Nc1ccccc1C(=O)N1CCCCCC1)[C@@H]1CCCN(S(=O)(=O)c2ccc(F)cc2)C1. The number of para-hydroxylation sites is 1. The molecule has 0 bridgehead atoms. The van der Waals surface area contributed by atoms with E-state index < -0.39 is 21.8 Å². The van der Waals surface area contributed by atoms with Gasteiger partial charge >= 0.3 is 0 Å². The van der Waals surface area contributed by atoms with Crippen LogP contribution in [-0.4, -0.2) is 55.6 Å². The topological polar surface area (TPSA) is 86.8 Å². The number of halogens is 1. The average molecular weight is 488 g/mol. The molecule has 7 nitrogen and oxygen atoms in total. The molecule has 2 aromatic rings. The van der Waals surface area contributed by atoms with Crippen LogP contribution < -0.4 is 5.32 Å². The largest absolute Gasteiger partial charge is 0.339 e. The molecule has 0 spiro atoms. The van der Waals surface area contributed by atoms with E-state index in [9.17, 15) is 22.4 Å². The Labute approximate surface area is 200 Å². The summed E-state index contributed by atoms with van der Waals surface area (Å²) in [5.74, 6) is -1.47. The molecular formula is C25H30FN3O4S. The van der Waals surface area contributed by atoms with E-state index in [1.165, 1.54) is 16.4 Å². The summed E-state index contributed by atoms with van der Waals surface area (Å²) >= 11 is 0. The van der Waals surface area contributed by atoms with Crippen LogP contribution in [0.1, 0.15) is 48.9 Å². The number of likely N-dealkylation sites (tertiary alicyclic amines) is 1. The van der Waals surface area contributed by atoms with Crippen LogP contribution in [0.3, 0.4) is 0 Å². The van der Waals surface area contributed by atoms with Crippen LogP contribution in [-0.2, 0) is 14.8 Å². The van der Waals surface area contributed by atoms with Crippen molar-refractivity contribution in [1.29, 1.82) is 0 Å². The van der Waals surface area contributed by atoms with Crippen molar-refractivity contribution in [3.05, 3.63) is 59.9 Å². The molecule has 2 fully saturated rings. The highest BCUT2D eigenvalue weighted by Crippen LogP contribution is 2.26. The van der Waals surface area contributed by atoms with Crippen molar-refractivity contribution in [3.63, 3.8) is 0 Å². The van der Waals surface area contributed by atoms with Gasteiger partial charge in [-0.1, -0.05) is 25.0 Å². The van der Waals surface area contributed by atoms with Gasteiger partial charge in [-0.05, 0) is 62.1 Å². The number of carbonyl (C=O) groups excluding carboxylic acids is 2. The van der Waals surface area contributed by atoms with Crippen LogP contribution >= 0.6 is 0 Å². The maximum atomic E-state index is 13.2. The van der Waals surface area contributed by atoms with Gasteiger partial charge in [-0.25, -0.2) is 12.8 Å². The summed E-state index contributed by atoms with van der Waals surface area (Å²) in [5, 5.41) is 2.88. The van der Waals surface area contributed by atoms with Crippen LogP contribution in [0.5, 0.6) is 0 Å². The average Bonchev–Trinajstić information content (AvgIpc) is 3.14. The normalized spacial score (nSPS) is 19.9. The lowest BCUT2D eigenvalue weighted by molar-refractivity contribution is -0.120. The summed E-state index contributed by atoms with van der Waals surface area (Å²) in [7, 11) is -3.83.